The fourth-order valence-electron chi connectivity index (χ4n) is 3.09. The number of hydrogen-bond acceptors (Lipinski definition) is 4. The van der Waals surface area contributed by atoms with E-state index in [4.69, 9.17) is 12.2 Å². The Labute approximate surface area is 156 Å². The van der Waals surface area contributed by atoms with Crippen molar-refractivity contribution in [1.82, 2.24) is 9.99 Å². The Morgan fingerprint density at radius 2 is 2.08 bits per heavy atom. The molecule has 0 amide bonds. The van der Waals surface area contributed by atoms with Crippen LogP contribution in [-0.4, -0.2) is 21.4 Å². The summed E-state index contributed by atoms with van der Waals surface area (Å²) in [6.07, 6.45) is 5.03. The van der Waals surface area contributed by atoms with Gasteiger partial charge >= 0.3 is 0 Å². The monoisotopic (exact) mass is 371 g/mol. The first-order valence-corrected chi connectivity index (χ1v) is 9.93. The summed E-state index contributed by atoms with van der Waals surface area (Å²) in [6, 6.07) is 12.2. The summed E-state index contributed by atoms with van der Waals surface area (Å²) in [4.78, 5) is 11.4. The Bertz CT molecular complexity index is 933. The summed E-state index contributed by atoms with van der Waals surface area (Å²) in [5, 5.41) is 2.24. The molecule has 0 aliphatic carbocycles. The van der Waals surface area contributed by atoms with Gasteiger partial charge in [-0.3, -0.25) is 15.6 Å². The van der Waals surface area contributed by atoms with Crippen molar-refractivity contribution in [3.63, 3.8) is 0 Å². The number of nitrogens with zero attached hydrogens (tertiary/aromatic N) is 1. The highest BCUT2D eigenvalue weighted by Crippen LogP contribution is 2.34. The minimum atomic E-state index is 0.644. The van der Waals surface area contributed by atoms with E-state index >= 15 is 0 Å². The molecule has 0 unspecified atom stereocenters. The zero-order valence-corrected chi connectivity index (χ0v) is 16.0. The van der Waals surface area contributed by atoms with Gasteiger partial charge in [0.05, 0.1) is 11.2 Å². The number of unbranched alkanes of at least 4 members (excludes halogenated alkanes) is 1. The van der Waals surface area contributed by atoms with Crippen molar-refractivity contribution in [3.8, 4) is 0 Å². The number of carbonyl (C=O) groups excluding carboxylic acids is 1. The maximum absolute atomic E-state index is 11.4. The van der Waals surface area contributed by atoms with Crippen molar-refractivity contribution < 1.29 is 4.79 Å². The van der Waals surface area contributed by atoms with Crippen LogP contribution in [0.15, 0.2) is 36.4 Å². The molecule has 4 nitrogen and oxygen atoms in total. The number of anilines is 1. The molecule has 0 atom stereocenters. The third kappa shape index (κ3) is 3.50. The second-order valence-electron chi connectivity index (χ2n) is 5.85. The lowest BCUT2D eigenvalue weighted by atomic mass is 10.1. The molecular formula is C19H21N3OS2. The topological polar surface area (TPSA) is 46.1 Å². The SMILES string of the molecule is CCCCn1c2ccccc2c2cc(C=O)cc(NNC(=S)SC)c21. The molecule has 2 aromatic carbocycles. The van der Waals surface area contributed by atoms with Crippen LogP contribution in [0.4, 0.5) is 5.69 Å². The Morgan fingerprint density at radius 1 is 1.28 bits per heavy atom. The summed E-state index contributed by atoms with van der Waals surface area (Å²) in [7, 11) is 0. The molecule has 0 fully saturated rings. The van der Waals surface area contributed by atoms with E-state index in [1.807, 2.05) is 24.5 Å². The Kier molecular flexibility index (Phi) is 5.60. The van der Waals surface area contributed by atoms with Crippen LogP contribution in [0.25, 0.3) is 21.8 Å². The Balaban J connectivity index is 2.24. The van der Waals surface area contributed by atoms with E-state index in [1.165, 1.54) is 17.3 Å². The van der Waals surface area contributed by atoms with E-state index in [2.05, 4.69) is 40.5 Å². The van der Waals surface area contributed by atoms with E-state index < -0.39 is 0 Å². The number of fused-ring (bicyclic) bond motifs is 3. The fourth-order valence-corrected chi connectivity index (χ4v) is 3.30. The number of aromatic nitrogens is 1. The van der Waals surface area contributed by atoms with E-state index in [1.54, 1.807) is 0 Å². The van der Waals surface area contributed by atoms with Crippen LogP contribution >= 0.6 is 24.0 Å². The number of para-hydroxylation sites is 1. The largest absolute Gasteiger partial charge is 0.339 e. The Morgan fingerprint density at radius 3 is 2.80 bits per heavy atom. The summed E-state index contributed by atoms with van der Waals surface area (Å²) in [5.41, 5.74) is 10.0. The molecule has 0 saturated heterocycles. The highest BCUT2D eigenvalue weighted by Gasteiger charge is 2.15. The van der Waals surface area contributed by atoms with Crippen LogP contribution in [0.1, 0.15) is 30.1 Å². The number of thioether (sulfide) groups is 1. The van der Waals surface area contributed by atoms with Crippen LogP contribution in [0.5, 0.6) is 0 Å². The number of carbonyl (C=O) groups is 1. The quantitative estimate of drug-likeness (QED) is 0.364. The molecule has 0 saturated carbocycles. The van der Waals surface area contributed by atoms with Gasteiger partial charge < -0.3 is 4.57 Å². The van der Waals surface area contributed by atoms with Crippen molar-refractivity contribution in [2.45, 2.75) is 26.3 Å². The average molecular weight is 372 g/mol. The zero-order valence-electron chi connectivity index (χ0n) is 14.3. The summed E-state index contributed by atoms with van der Waals surface area (Å²) < 4.78 is 2.98. The first-order chi connectivity index (χ1) is 12.2. The molecule has 3 rings (SSSR count). The molecule has 130 valence electrons. The molecule has 6 heteroatoms. The average Bonchev–Trinajstić information content (AvgIpc) is 2.97. The van der Waals surface area contributed by atoms with Crippen LogP contribution in [0.2, 0.25) is 0 Å². The molecule has 3 aromatic rings. The van der Waals surface area contributed by atoms with Gasteiger partial charge in [-0.1, -0.05) is 55.5 Å². The van der Waals surface area contributed by atoms with Crippen LogP contribution in [0.3, 0.4) is 0 Å². The number of aldehydes is 1. The lowest BCUT2D eigenvalue weighted by Gasteiger charge is -2.14. The molecule has 1 aromatic heterocycles. The van der Waals surface area contributed by atoms with E-state index in [0.717, 1.165) is 47.6 Å². The van der Waals surface area contributed by atoms with E-state index in [0.29, 0.717) is 9.88 Å². The van der Waals surface area contributed by atoms with Gasteiger partial charge in [-0.05, 0) is 30.9 Å². The third-order valence-electron chi connectivity index (χ3n) is 4.24. The number of rotatable bonds is 6. The van der Waals surface area contributed by atoms with Gasteiger partial charge in [-0.15, -0.1) is 0 Å². The third-order valence-corrected chi connectivity index (χ3v) is 5.32. The fraction of sp³-hybridized carbons (Fsp3) is 0.263. The number of benzene rings is 2. The van der Waals surface area contributed by atoms with Crippen molar-refractivity contribution >= 4 is 62.1 Å². The lowest BCUT2D eigenvalue weighted by molar-refractivity contribution is 0.112. The standard InChI is InChI=1S/C19H21N3OS2/c1-3-4-9-22-17-8-6-5-7-14(17)15-10-13(12-23)11-16(18(15)22)20-21-19(24)25-2/h5-8,10-12,20H,3-4,9H2,1-2H3,(H,21,24). The highest BCUT2D eigenvalue weighted by atomic mass is 32.2. The van der Waals surface area contributed by atoms with Gasteiger partial charge in [-0.25, -0.2) is 0 Å². The number of nitrogens with one attached hydrogen (secondary N) is 2. The predicted molar refractivity (Wildman–Crippen MR) is 113 cm³/mol. The maximum Gasteiger partial charge on any atom is 0.152 e. The second kappa shape index (κ2) is 7.89. The highest BCUT2D eigenvalue weighted by molar-refractivity contribution is 8.22. The molecule has 25 heavy (non-hydrogen) atoms. The predicted octanol–water partition coefficient (Wildman–Crippen LogP) is 4.97. The van der Waals surface area contributed by atoms with E-state index in [-0.39, 0.29) is 0 Å². The van der Waals surface area contributed by atoms with Crippen LogP contribution < -0.4 is 10.9 Å². The second-order valence-corrected chi connectivity index (χ2v) is 7.33. The normalized spacial score (nSPS) is 11.0. The number of aryl methyl sites for hydroxylation is 1. The molecule has 1 heterocycles. The lowest BCUT2D eigenvalue weighted by Crippen LogP contribution is -2.25. The van der Waals surface area contributed by atoms with Crippen molar-refractivity contribution in [2.75, 3.05) is 11.7 Å². The van der Waals surface area contributed by atoms with Gasteiger partial charge in [0.1, 0.15) is 6.29 Å². The molecule has 0 spiro atoms. The summed E-state index contributed by atoms with van der Waals surface area (Å²) in [5.74, 6) is 0. The van der Waals surface area contributed by atoms with Gasteiger partial charge in [0, 0.05) is 28.4 Å². The number of hydrazine groups is 1. The summed E-state index contributed by atoms with van der Waals surface area (Å²) >= 11 is 6.68. The maximum atomic E-state index is 11.4. The number of hydrogen-bond donors (Lipinski definition) is 2. The van der Waals surface area contributed by atoms with Gasteiger partial charge in [0.2, 0.25) is 0 Å². The smallest absolute Gasteiger partial charge is 0.152 e. The summed E-state index contributed by atoms with van der Waals surface area (Å²) in [6.45, 7) is 3.12. The molecule has 0 aliphatic rings. The number of thiocarbonyl (C=S) groups is 1. The minimum Gasteiger partial charge on any atom is -0.339 e. The zero-order chi connectivity index (χ0) is 17.8. The van der Waals surface area contributed by atoms with Gasteiger partial charge in [-0.2, -0.15) is 0 Å². The van der Waals surface area contributed by atoms with E-state index in [9.17, 15) is 4.79 Å². The first kappa shape index (κ1) is 17.8. The molecule has 0 aliphatic heterocycles. The molecule has 0 radical (unpaired) electrons. The van der Waals surface area contributed by atoms with Crippen LogP contribution in [-0.2, 0) is 6.54 Å². The van der Waals surface area contributed by atoms with Crippen molar-refractivity contribution in [3.05, 3.63) is 42.0 Å². The van der Waals surface area contributed by atoms with Crippen molar-refractivity contribution in [2.24, 2.45) is 0 Å². The Hall–Kier alpha value is -2.05. The van der Waals surface area contributed by atoms with Crippen molar-refractivity contribution in [1.29, 1.82) is 0 Å². The first-order valence-electron chi connectivity index (χ1n) is 8.29. The minimum absolute atomic E-state index is 0.644. The van der Waals surface area contributed by atoms with Crippen LogP contribution in [0, 0.1) is 0 Å². The molecule has 0 bridgehead atoms. The van der Waals surface area contributed by atoms with Gasteiger partial charge in [0.15, 0.2) is 4.32 Å². The molecule has 2 N–H and O–H groups in total. The molecular weight excluding hydrogens is 350 g/mol. The van der Waals surface area contributed by atoms with Gasteiger partial charge in [0.25, 0.3) is 0 Å².